The Balaban J connectivity index is 1.91. The second-order valence-electron chi connectivity index (χ2n) is 7.17. The minimum atomic E-state index is 0.226. The zero-order chi connectivity index (χ0) is 19.1. The molecule has 1 aliphatic rings. The van der Waals surface area contributed by atoms with Gasteiger partial charge in [-0.2, -0.15) is 0 Å². The second-order valence-corrected chi connectivity index (χ2v) is 7.17. The molecular weight excluding hydrogens is 326 g/mol. The zero-order valence-corrected chi connectivity index (χ0v) is 16.7. The number of nitrogens with zero attached hydrogens (tertiary/aromatic N) is 3. The molecule has 2 rings (SSSR count). The Hall–Kier alpha value is -2.08. The van der Waals surface area contributed by atoms with Crippen LogP contribution in [0, 0.1) is 6.92 Å². The maximum Gasteiger partial charge on any atom is 0.222 e. The maximum atomic E-state index is 11.8. The molecule has 1 aromatic carbocycles. The topological polar surface area (TPSA) is 60.0 Å². The van der Waals surface area contributed by atoms with E-state index in [1.54, 1.807) is 7.05 Å². The third-order valence-electron chi connectivity index (χ3n) is 4.96. The van der Waals surface area contributed by atoms with Crippen LogP contribution in [0.15, 0.2) is 29.3 Å². The van der Waals surface area contributed by atoms with Gasteiger partial charge in [-0.05, 0) is 33.0 Å². The summed E-state index contributed by atoms with van der Waals surface area (Å²) in [4.78, 5) is 20.3. The maximum absolute atomic E-state index is 11.8. The van der Waals surface area contributed by atoms with E-state index in [-0.39, 0.29) is 18.0 Å². The standard InChI is InChI=1S/C20H33N5O/c1-6-19(26)25-12-11-17(14-25)23-20(21-3)22-13-18(24(4)5)16-9-7-15(2)8-10-16/h7-10,17-18H,6,11-14H2,1-5H3,(H2,21,22,23). The molecule has 0 aromatic heterocycles. The van der Waals surface area contributed by atoms with Crippen LogP contribution in [0.4, 0.5) is 0 Å². The van der Waals surface area contributed by atoms with Gasteiger partial charge in [-0.25, -0.2) is 0 Å². The lowest BCUT2D eigenvalue weighted by Crippen LogP contribution is -2.47. The first kappa shape index (κ1) is 20.2. The van der Waals surface area contributed by atoms with E-state index in [1.165, 1.54) is 11.1 Å². The molecule has 0 aliphatic carbocycles. The van der Waals surface area contributed by atoms with Gasteiger partial charge in [0.15, 0.2) is 5.96 Å². The van der Waals surface area contributed by atoms with Crippen molar-refractivity contribution in [3.05, 3.63) is 35.4 Å². The molecule has 1 heterocycles. The van der Waals surface area contributed by atoms with Gasteiger partial charge in [-0.3, -0.25) is 9.79 Å². The number of benzene rings is 1. The molecule has 0 bridgehead atoms. The third kappa shape index (κ3) is 5.46. The number of hydrogen-bond acceptors (Lipinski definition) is 3. The minimum absolute atomic E-state index is 0.226. The molecule has 2 unspecified atom stereocenters. The molecule has 0 radical (unpaired) electrons. The third-order valence-corrected chi connectivity index (χ3v) is 4.96. The van der Waals surface area contributed by atoms with Crippen LogP contribution in [0.5, 0.6) is 0 Å². The fraction of sp³-hybridized carbons (Fsp3) is 0.600. The number of hydrogen-bond donors (Lipinski definition) is 2. The Morgan fingerprint density at radius 2 is 2.04 bits per heavy atom. The number of aryl methyl sites for hydroxylation is 1. The first-order chi connectivity index (χ1) is 12.4. The van der Waals surface area contributed by atoms with Crippen LogP contribution in [0.2, 0.25) is 0 Å². The predicted molar refractivity (Wildman–Crippen MR) is 107 cm³/mol. The summed E-state index contributed by atoms with van der Waals surface area (Å²) in [6, 6.07) is 9.18. The Morgan fingerprint density at radius 1 is 1.35 bits per heavy atom. The van der Waals surface area contributed by atoms with Gasteiger partial charge in [0, 0.05) is 39.1 Å². The quantitative estimate of drug-likeness (QED) is 0.600. The van der Waals surface area contributed by atoms with Gasteiger partial charge >= 0.3 is 0 Å². The number of rotatable bonds is 6. The number of likely N-dealkylation sites (N-methyl/N-ethyl adjacent to an activating group) is 1. The van der Waals surface area contributed by atoms with E-state index >= 15 is 0 Å². The van der Waals surface area contributed by atoms with Gasteiger partial charge in [0.25, 0.3) is 0 Å². The van der Waals surface area contributed by atoms with Crippen molar-refractivity contribution in [3.63, 3.8) is 0 Å². The summed E-state index contributed by atoms with van der Waals surface area (Å²) in [7, 11) is 5.97. The highest BCUT2D eigenvalue weighted by Crippen LogP contribution is 2.18. The van der Waals surface area contributed by atoms with Crippen LogP contribution in [-0.2, 0) is 4.79 Å². The van der Waals surface area contributed by atoms with Crippen LogP contribution >= 0.6 is 0 Å². The molecule has 26 heavy (non-hydrogen) atoms. The van der Waals surface area contributed by atoms with E-state index in [2.05, 4.69) is 65.8 Å². The zero-order valence-electron chi connectivity index (χ0n) is 16.7. The SMILES string of the molecule is CCC(=O)N1CCC(NC(=NC)NCC(c2ccc(C)cc2)N(C)C)C1. The average Bonchev–Trinajstić information content (AvgIpc) is 3.10. The van der Waals surface area contributed by atoms with E-state index < -0.39 is 0 Å². The number of aliphatic imine (C=N–C) groups is 1. The highest BCUT2D eigenvalue weighted by molar-refractivity contribution is 5.80. The number of carbonyl (C=O) groups excluding carboxylic acids is 1. The largest absolute Gasteiger partial charge is 0.354 e. The van der Waals surface area contributed by atoms with Gasteiger partial charge in [-0.15, -0.1) is 0 Å². The number of amides is 1. The average molecular weight is 360 g/mol. The molecule has 1 fully saturated rings. The monoisotopic (exact) mass is 359 g/mol. The molecule has 2 N–H and O–H groups in total. The van der Waals surface area contributed by atoms with Crippen molar-refractivity contribution in [2.45, 2.75) is 38.8 Å². The van der Waals surface area contributed by atoms with Gasteiger partial charge in [0.1, 0.15) is 0 Å². The fourth-order valence-electron chi connectivity index (χ4n) is 3.30. The summed E-state index contributed by atoms with van der Waals surface area (Å²) in [5.74, 6) is 1.02. The van der Waals surface area contributed by atoms with Gasteiger partial charge in [0.05, 0.1) is 6.04 Å². The Labute approximate surface area is 157 Å². The molecule has 1 amide bonds. The molecule has 1 saturated heterocycles. The van der Waals surface area contributed by atoms with E-state index in [0.29, 0.717) is 6.42 Å². The molecule has 144 valence electrons. The Kier molecular flexibility index (Phi) is 7.45. The molecule has 1 aliphatic heterocycles. The van der Waals surface area contributed by atoms with E-state index in [1.807, 2.05) is 11.8 Å². The summed E-state index contributed by atoms with van der Waals surface area (Å²) in [6.07, 6.45) is 1.53. The predicted octanol–water partition coefficient (Wildman–Crippen LogP) is 1.77. The second kappa shape index (κ2) is 9.57. The first-order valence-corrected chi connectivity index (χ1v) is 9.42. The van der Waals surface area contributed by atoms with Crippen molar-refractivity contribution in [1.29, 1.82) is 0 Å². The molecule has 2 atom stereocenters. The van der Waals surface area contributed by atoms with Crippen molar-refractivity contribution in [2.75, 3.05) is 40.8 Å². The lowest BCUT2D eigenvalue weighted by Gasteiger charge is -2.27. The first-order valence-electron chi connectivity index (χ1n) is 9.42. The summed E-state index contributed by atoms with van der Waals surface area (Å²) < 4.78 is 0. The van der Waals surface area contributed by atoms with Crippen molar-refractivity contribution < 1.29 is 4.79 Å². The molecule has 0 spiro atoms. The molecule has 0 saturated carbocycles. The summed E-state index contributed by atoms with van der Waals surface area (Å²) in [5.41, 5.74) is 2.55. The number of guanidine groups is 1. The summed E-state index contributed by atoms with van der Waals surface area (Å²) in [6.45, 7) is 6.36. The van der Waals surface area contributed by atoms with Crippen molar-refractivity contribution in [2.24, 2.45) is 4.99 Å². The van der Waals surface area contributed by atoms with E-state index in [4.69, 9.17) is 0 Å². The normalized spacial score (nSPS) is 18.9. The van der Waals surface area contributed by atoms with Crippen molar-refractivity contribution >= 4 is 11.9 Å². The molecule has 6 heteroatoms. The highest BCUT2D eigenvalue weighted by atomic mass is 16.2. The van der Waals surface area contributed by atoms with Gasteiger partial charge < -0.3 is 20.4 Å². The molecular formula is C20H33N5O. The highest BCUT2D eigenvalue weighted by Gasteiger charge is 2.26. The lowest BCUT2D eigenvalue weighted by atomic mass is 10.0. The van der Waals surface area contributed by atoms with Crippen LogP contribution in [0.25, 0.3) is 0 Å². The summed E-state index contributed by atoms with van der Waals surface area (Å²) in [5, 5.41) is 6.90. The number of nitrogens with one attached hydrogen (secondary N) is 2. The Bertz CT molecular complexity index is 611. The van der Waals surface area contributed by atoms with Gasteiger partial charge in [0.2, 0.25) is 5.91 Å². The fourth-order valence-corrected chi connectivity index (χ4v) is 3.30. The molecule has 6 nitrogen and oxygen atoms in total. The number of carbonyl (C=O) groups is 1. The van der Waals surface area contributed by atoms with Crippen molar-refractivity contribution in [1.82, 2.24) is 20.4 Å². The smallest absolute Gasteiger partial charge is 0.222 e. The van der Waals surface area contributed by atoms with E-state index in [9.17, 15) is 4.79 Å². The Morgan fingerprint density at radius 3 is 2.62 bits per heavy atom. The molecule has 1 aromatic rings. The van der Waals surface area contributed by atoms with Gasteiger partial charge in [-0.1, -0.05) is 36.8 Å². The van der Waals surface area contributed by atoms with Crippen LogP contribution < -0.4 is 10.6 Å². The summed E-state index contributed by atoms with van der Waals surface area (Å²) >= 11 is 0. The van der Waals surface area contributed by atoms with E-state index in [0.717, 1.165) is 32.0 Å². The van der Waals surface area contributed by atoms with Crippen LogP contribution in [0.3, 0.4) is 0 Å². The van der Waals surface area contributed by atoms with Crippen LogP contribution in [0.1, 0.15) is 36.9 Å². The number of likely N-dealkylation sites (tertiary alicyclic amines) is 1. The lowest BCUT2D eigenvalue weighted by molar-refractivity contribution is -0.129. The van der Waals surface area contributed by atoms with Crippen LogP contribution in [-0.4, -0.2) is 68.5 Å². The van der Waals surface area contributed by atoms with Crippen molar-refractivity contribution in [3.8, 4) is 0 Å². The minimum Gasteiger partial charge on any atom is -0.354 e.